The number of hydrogen-bond donors (Lipinski definition) is 3. The molecule has 0 heterocycles. The molecule has 3 unspecified atom stereocenters. The number of phosphoric acid groups is 2. The molecule has 17 nitrogen and oxygen atoms in total. The summed E-state index contributed by atoms with van der Waals surface area (Å²) in [6.45, 7) is 13.8. The molecule has 0 aliphatic rings. The van der Waals surface area contributed by atoms with Crippen LogP contribution in [0.15, 0.2) is 0 Å². The molecule has 3 N–H and O–H groups in total. The van der Waals surface area contributed by atoms with Gasteiger partial charge in [0.05, 0.1) is 26.4 Å². The second-order valence-corrected chi connectivity index (χ2v) is 26.7. The molecule has 0 saturated carbocycles. The molecule has 0 spiro atoms. The molecule has 0 aromatic rings. The Morgan fingerprint density at radius 3 is 0.887 bits per heavy atom. The van der Waals surface area contributed by atoms with Crippen LogP contribution in [0.3, 0.4) is 0 Å². The van der Waals surface area contributed by atoms with Crippen molar-refractivity contribution in [3.63, 3.8) is 0 Å². The van der Waals surface area contributed by atoms with Crippen molar-refractivity contribution in [2.75, 3.05) is 39.6 Å². The van der Waals surface area contributed by atoms with Crippen LogP contribution in [-0.4, -0.2) is 96.7 Å². The minimum atomic E-state index is -4.94. The van der Waals surface area contributed by atoms with E-state index in [9.17, 15) is 43.2 Å². The zero-order valence-electron chi connectivity index (χ0n) is 51.7. The van der Waals surface area contributed by atoms with Gasteiger partial charge >= 0.3 is 39.5 Å². The van der Waals surface area contributed by atoms with Gasteiger partial charge in [0.15, 0.2) is 12.2 Å². The predicted molar refractivity (Wildman–Crippen MR) is 317 cm³/mol. The third-order valence-corrected chi connectivity index (χ3v) is 16.1. The van der Waals surface area contributed by atoms with Gasteiger partial charge in [0, 0.05) is 25.7 Å². The summed E-state index contributed by atoms with van der Waals surface area (Å²) in [5, 5.41) is 10.5. The summed E-state index contributed by atoms with van der Waals surface area (Å²) in [4.78, 5) is 72.0. The average Bonchev–Trinajstić information content (AvgIpc) is 3.40. The summed E-state index contributed by atoms with van der Waals surface area (Å²) >= 11 is 0. The van der Waals surface area contributed by atoms with Crippen molar-refractivity contribution in [1.29, 1.82) is 0 Å². The average molecular weight is 1190 g/mol. The molecular weight excluding hydrogens is 1070 g/mol. The third kappa shape index (κ3) is 54.0. The molecule has 0 aliphatic carbocycles. The van der Waals surface area contributed by atoms with Gasteiger partial charge in [-0.05, 0) is 49.4 Å². The van der Waals surface area contributed by atoms with Crippen LogP contribution in [0, 0.1) is 23.7 Å². The summed E-state index contributed by atoms with van der Waals surface area (Å²) in [6.07, 6.45) is 29.7. The molecule has 0 aromatic carbocycles. The second kappa shape index (κ2) is 51.5. The molecule has 0 aromatic heterocycles. The highest BCUT2D eigenvalue weighted by atomic mass is 31.2. The van der Waals surface area contributed by atoms with Crippen LogP contribution in [0.1, 0.15) is 287 Å². The molecule has 0 aliphatic heterocycles. The maximum Gasteiger partial charge on any atom is 0.472 e. The number of aliphatic hydroxyl groups excluding tert-OH is 1. The molecule has 0 radical (unpaired) electrons. The lowest BCUT2D eigenvalue weighted by atomic mass is 10.00. The molecule has 19 heteroatoms. The summed E-state index contributed by atoms with van der Waals surface area (Å²) in [5.74, 6) is 0.673. The monoisotopic (exact) mass is 1180 g/mol. The van der Waals surface area contributed by atoms with Crippen molar-refractivity contribution in [2.24, 2.45) is 23.7 Å². The molecule has 0 bridgehead atoms. The topological polar surface area (TPSA) is 237 Å². The van der Waals surface area contributed by atoms with Gasteiger partial charge in [0.25, 0.3) is 0 Å². The highest BCUT2D eigenvalue weighted by molar-refractivity contribution is 7.47. The van der Waals surface area contributed by atoms with Crippen molar-refractivity contribution in [1.82, 2.24) is 0 Å². The fourth-order valence-corrected chi connectivity index (χ4v) is 10.4. The van der Waals surface area contributed by atoms with Crippen molar-refractivity contribution < 1.29 is 80.2 Å². The summed E-state index contributed by atoms with van der Waals surface area (Å²) in [7, 11) is -9.88. The molecule has 0 saturated heterocycles. The molecule has 474 valence electrons. The van der Waals surface area contributed by atoms with Crippen molar-refractivity contribution in [3.8, 4) is 0 Å². The van der Waals surface area contributed by atoms with Crippen molar-refractivity contribution >= 4 is 39.5 Å². The van der Waals surface area contributed by atoms with Gasteiger partial charge in [-0.25, -0.2) is 9.13 Å². The fourth-order valence-electron chi connectivity index (χ4n) is 8.87. The predicted octanol–water partition coefficient (Wildman–Crippen LogP) is 16.2. The first-order chi connectivity index (χ1) is 38.1. The van der Waals surface area contributed by atoms with Gasteiger partial charge in [-0.3, -0.25) is 37.3 Å². The van der Waals surface area contributed by atoms with Gasteiger partial charge in [0.1, 0.15) is 19.3 Å². The van der Waals surface area contributed by atoms with E-state index in [2.05, 4.69) is 55.4 Å². The summed E-state index contributed by atoms with van der Waals surface area (Å²) < 4.78 is 67.8. The lowest BCUT2D eigenvalue weighted by Crippen LogP contribution is -2.30. The Kier molecular flexibility index (Phi) is 50.2. The van der Waals surface area contributed by atoms with Gasteiger partial charge < -0.3 is 33.8 Å². The van der Waals surface area contributed by atoms with E-state index in [1.165, 1.54) is 83.5 Å². The molecule has 0 fully saturated rings. The van der Waals surface area contributed by atoms with Crippen LogP contribution in [0.25, 0.3) is 0 Å². The van der Waals surface area contributed by atoms with E-state index in [1.54, 1.807) is 0 Å². The number of unbranched alkanes of at least 4 members (excludes halogenated alkanes) is 23. The lowest BCUT2D eigenvalue weighted by molar-refractivity contribution is -0.161. The van der Waals surface area contributed by atoms with Crippen molar-refractivity contribution in [3.05, 3.63) is 0 Å². The van der Waals surface area contributed by atoms with Crippen LogP contribution in [0.2, 0.25) is 0 Å². The van der Waals surface area contributed by atoms with Gasteiger partial charge in [-0.15, -0.1) is 0 Å². The quantitative estimate of drug-likeness (QED) is 0.0222. The number of rotatable bonds is 58. The van der Waals surface area contributed by atoms with Gasteiger partial charge in [-0.1, -0.05) is 235 Å². The normalized spacial score (nSPS) is 14.9. The number of carbonyl (C=O) groups is 4. The Balaban J connectivity index is 5.25. The Morgan fingerprint density at radius 2 is 0.600 bits per heavy atom. The first-order valence-corrected chi connectivity index (χ1v) is 34.7. The number of aliphatic hydroxyl groups is 1. The van der Waals surface area contributed by atoms with Crippen LogP contribution < -0.4 is 0 Å². The van der Waals surface area contributed by atoms with Crippen LogP contribution in [0.5, 0.6) is 0 Å². The van der Waals surface area contributed by atoms with Crippen LogP contribution in [-0.2, 0) is 65.4 Å². The molecule has 0 amide bonds. The van der Waals surface area contributed by atoms with E-state index in [1.807, 2.05) is 0 Å². The third-order valence-electron chi connectivity index (χ3n) is 14.2. The number of hydrogen-bond acceptors (Lipinski definition) is 15. The van der Waals surface area contributed by atoms with E-state index < -0.39 is 97.5 Å². The zero-order chi connectivity index (χ0) is 59.7. The first-order valence-electron chi connectivity index (χ1n) is 31.7. The number of ether oxygens (including phenoxy) is 4. The Morgan fingerprint density at radius 1 is 0.350 bits per heavy atom. The van der Waals surface area contributed by atoms with Crippen LogP contribution in [0.4, 0.5) is 0 Å². The maximum absolute atomic E-state index is 12.9. The molecule has 0 rings (SSSR count). The lowest BCUT2D eigenvalue weighted by Gasteiger charge is -2.21. The minimum Gasteiger partial charge on any atom is -0.462 e. The molecule has 6 atom stereocenters. The number of phosphoric ester groups is 2. The first kappa shape index (κ1) is 78.1. The summed E-state index contributed by atoms with van der Waals surface area (Å²) in [6, 6.07) is 0. The zero-order valence-corrected chi connectivity index (χ0v) is 53.5. The Hall–Kier alpha value is -1.94. The van der Waals surface area contributed by atoms with Gasteiger partial charge in [0.2, 0.25) is 0 Å². The smallest absolute Gasteiger partial charge is 0.462 e. The molecule has 80 heavy (non-hydrogen) atoms. The van der Waals surface area contributed by atoms with Crippen LogP contribution >= 0.6 is 15.6 Å². The fraction of sp³-hybridized carbons (Fsp3) is 0.934. The van der Waals surface area contributed by atoms with E-state index >= 15 is 0 Å². The van der Waals surface area contributed by atoms with Crippen molar-refractivity contribution in [2.45, 2.75) is 305 Å². The van der Waals surface area contributed by atoms with Gasteiger partial charge in [-0.2, -0.15) is 0 Å². The number of esters is 4. The highest BCUT2D eigenvalue weighted by Crippen LogP contribution is 2.45. The Bertz CT molecular complexity index is 1610. The Labute approximate surface area is 486 Å². The largest absolute Gasteiger partial charge is 0.472 e. The standard InChI is InChI=1S/C61H118O17P2/c1-9-54(8)40-32-24-18-20-26-34-42-59(64)72-48-56(77-60(65)43-35-27-16-12-14-22-30-38-52(4)5)49-75-79(67,68)73-45-55(62)46-74-80(69,70)76-50-57(78-61(66)44-36-28-19-17-23-31-39-53(6)7)47-71-58(63)41-33-25-15-11-10-13-21-29-37-51(2)3/h51-57,62H,9-50H2,1-8H3,(H,67,68)(H,69,70)/t54?,55-,56+,57+/m0/s1. The maximum atomic E-state index is 12.9. The van der Waals surface area contributed by atoms with E-state index in [0.29, 0.717) is 37.5 Å². The number of carbonyl (C=O) groups excluding carboxylic acids is 4. The SMILES string of the molecule is CCC(C)CCCCCCCCC(=O)OC[C@H](COP(=O)(O)OC[C@H](O)COP(=O)(O)OC[C@@H](COC(=O)CCCCCCCCCCC(C)C)OC(=O)CCCCCCCCC(C)C)OC(=O)CCCCCCCCCC(C)C. The highest BCUT2D eigenvalue weighted by Gasteiger charge is 2.30. The molecular formula is C61H118O17P2. The minimum absolute atomic E-state index is 0.101. The van der Waals surface area contributed by atoms with E-state index in [0.717, 1.165) is 108 Å². The summed E-state index contributed by atoms with van der Waals surface area (Å²) in [5.41, 5.74) is 0. The van der Waals surface area contributed by atoms with E-state index in [-0.39, 0.29) is 25.7 Å². The van der Waals surface area contributed by atoms with E-state index in [4.69, 9.17) is 37.0 Å². The second-order valence-electron chi connectivity index (χ2n) is 23.8.